The van der Waals surface area contributed by atoms with Crippen molar-refractivity contribution in [3.63, 3.8) is 0 Å². The number of anilines is 2. The van der Waals surface area contributed by atoms with Crippen LogP contribution in [0.1, 0.15) is 30.0 Å². The van der Waals surface area contributed by atoms with Gasteiger partial charge in [-0.3, -0.25) is 4.79 Å². The highest BCUT2D eigenvalue weighted by Crippen LogP contribution is 2.21. The Hall–Kier alpha value is -2.80. The Morgan fingerprint density at radius 3 is 2.62 bits per heavy atom. The Morgan fingerprint density at radius 1 is 1.21 bits per heavy atom. The van der Waals surface area contributed by atoms with Crippen LogP contribution in [0.3, 0.4) is 0 Å². The van der Waals surface area contributed by atoms with Crippen LogP contribution in [0, 0.1) is 25.2 Å². The van der Waals surface area contributed by atoms with E-state index in [4.69, 9.17) is 5.26 Å². The van der Waals surface area contributed by atoms with Crippen molar-refractivity contribution >= 4 is 17.3 Å². The van der Waals surface area contributed by atoms with Crippen molar-refractivity contribution in [1.29, 1.82) is 5.26 Å². The number of carbonyl (C=O) groups excluding carboxylic acids is 1. The molecule has 4 nitrogen and oxygen atoms in total. The molecule has 0 atom stereocenters. The fourth-order valence-corrected chi connectivity index (χ4v) is 2.75. The Bertz CT molecular complexity index is 762. The summed E-state index contributed by atoms with van der Waals surface area (Å²) in [5, 5.41) is 11.9. The van der Waals surface area contributed by atoms with Crippen LogP contribution in [-0.2, 0) is 4.79 Å². The third-order valence-electron chi connectivity index (χ3n) is 4.01. The number of nitrogens with zero attached hydrogens (tertiary/aromatic N) is 2. The number of hydrogen-bond acceptors (Lipinski definition) is 3. The molecule has 0 aliphatic rings. The molecule has 1 amide bonds. The second-order valence-electron chi connectivity index (χ2n) is 5.83. The SMILES string of the molecule is CCN(CCC(=O)Nc1ccccc1C#N)c1ccc(C)cc1C. The maximum absolute atomic E-state index is 12.2. The maximum atomic E-state index is 12.2. The molecule has 4 heteroatoms. The predicted molar refractivity (Wildman–Crippen MR) is 98.2 cm³/mol. The lowest BCUT2D eigenvalue weighted by Gasteiger charge is -2.25. The second kappa shape index (κ2) is 8.16. The van der Waals surface area contributed by atoms with E-state index in [1.165, 1.54) is 11.1 Å². The minimum absolute atomic E-state index is 0.0825. The first-order valence-electron chi connectivity index (χ1n) is 8.16. The molecule has 24 heavy (non-hydrogen) atoms. The smallest absolute Gasteiger partial charge is 0.226 e. The van der Waals surface area contributed by atoms with Crippen LogP contribution in [0.2, 0.25) is 0 Å². The van der Waals surface area contributed by atoms with E-state index >= 15 is 0 Å². The largest absolute Gasteiger partial charge is 0.371 e. The first kappa shape index (κ1) is 17.6. The van der Waals surface area contributed by atoms with Crippen molar-refractivity contribution in [3.8, 4) is 6.07 Å². The van der Waals surface area contributed by atoms with Gasteiger partial charge >= 0.3 is 0 Å². The van der Waals surface area contributed by atoms with Crippen LogP contribution in [0.15, 0.2) is 42.5 Å². The molecule has 0 fully saturated rings. The van der Waals surface area contributed by atoms with Crippen molar-refractivity contribution in [1.82, 2.24) is 0 Å². The van der Waals surface area contributed by atoms with Gasteiger partial charge < -0.3 is 10.2 Å². The fraction of sp³-hybridized carbons (Fsp3) is 0.300. The topological polar surface area (TPSA) is 56.1 Å². The van der Waals surface area contributed by atoms with E-state index < -0.39 is 0 Å². The summed E-state index contributed by atoms with van der Waals surface area (Å²) in [7, 11) is 0. The van der Waals surface area contributed by atoms with E-state index in [-0.39, 0.29) is 5.91 Å². The first-order valence-corrected chi connectivity index (χ1v) is 8.16. The molecule has 0 aliphatic carbocycles. The first-order chi connectivity index (χ1) is 11.5. The number of benzene rings is 2. The number of para-hydroxylation sites is 1. The quantitative estimate of drug-likeness (QED) is 0.874. The van der Waals surface area contributed by atoms with Crippen LogP contribution in [0.25, 0.3) is 0 Å². The van der Waals surface area contributed by atoms with Gasteiger partial charge in [-0.05, 0) is 44.5 Å². The van der Waals surface area contributed by atoms with Gasteiger partial charge in [0, 0.05) is 25.2 Å². The Balaban J connectivity index is 2.00. The van der Waals surface area contributed by atoms with Crippen molar-refractivity contribution in [2.24, 2.45) is 0 Å². The van der Waals surface area contributed by atoms with Gasteiger partial charge in [-0.15, -0.1) is 0 Å². The van der Waals surface area contributed by atoms with Gasteiger partial charge in [0.2, 0.25) is 5.91 Å². The second-order valence-corrected chi connectivity index (χ2v) is 5.83. The lowest BCUT2D eigenvalue weighted by atomic mass is 10.1. The molecule has 124 valence electrons. The van der Waals surface area contributed by atoms with E-state index in [2.05, 4.69) is 55.3 Å². The summed E-state index contributed by atoms with van der Waals surface area (Å²) in [6.45, 7) is 7.73. The Labute approximate surface area is 143 Å². The zero-order valence-electron chi connectivity index (χ0n) is 14.5. The molecule has 0 spiro atoms. The highest BCUT2D eigenvalue weighted by Gasteiger charge is 2.11. The summed E-state index contributed by atoms with van der Waals surface area (Å²) in [5.74, 6) is -0.0825. The lowest BCUT2D eigenvalue weighted by Crippen LogP contribution is -2.28. The average molecular weight is 321 g/mol. The van der Waals surface area contributed by atoms with Gasteiger partial charge in [-0.1, -0.05) is 29.8 Å². The van der Waals surface area contributed by atoms with Crippen LogP contribution in [-0.4, -0.2) is 19.0 Å². The third-order valence-corrected chi connectivity index (χ3v) is 4.01. The molecule has 0 unspecified atom stereocenters. The number of rotatable bonds is 6. The Kier molecular flexibility index (Phi) is 5.97. The van der Waals surface area contributed by atoms with E-state index in [1.807, 2.05) is 6.07 Å². The number of amides is 1. The third kappa shape index (κ3) is 4.36. The minimum Gasteiger partial charge on any atom is -0.371 e. The zero-order chi connectivity index (χ0) is 17.5. The average Bonchev–Trinajstić information content (AvgIpc) is 2.57. The molecular formula is C20H23N3O. The van der Waals surface area contributed by atoms with Gasteiger partial charge in [0.1, 0.15) is 6.07 Å². The van der Waals surface area contributed by atoms with Crippen LogP contribution >= 0.6 is 0 Å². The van der Waals surface area contributed by atoms with E-state index in [0.29, 0.717) is 24.2 Å². The van der Waals surface area contributed by atoms with Crippen molar-refractivity contribution < 1.29 is 4.79 Å². The summed E-state index contributed by atoms with van der Waals surface area (Å²) in [6.07, 6.45) is 0.376. The summed E-state index contributed by atoms with van der Waals surface area (Å²) in [6, 6.07) is 15.5. The van der Waals surface area contributed by atoms with Gasteiger partial charge in [0.25, 0.3) is 0 Å². The molecule has 0 aliphatic heterocycles. The normalized spacial score (nSPS) is 10.1. The molecule has 0 heterocycles. The van der Waals surface area contributed by atoms with Gasteiger partial charge in [0.05, 0.1) is 11.3 Å². The van der Waals surface area contributed by atoms with Crippen LogP contribution in [0.5, 0.6) is 0 Å². The predicted octanol–water partition coefficient (Wildman–Crippen LogP) is 4.03. The summed E-state index contributed by atoms with van der Waals surface area (Å²) in [4.78, 5) is 14.4. The minimum atomic E-state index is -0.0825. The molecule has 0 saturated heterocycles. The molecule has 2 rings (SSSR count). The van der Waals surface area contributed by atoms with Crippen molar-refractivity contribution in [2.45, 2.75) is 27.2 Å². The molecule has 2 aromatic carbocycles. The van der Waals surface area contributed by atoms with Gasteiger partial charge in [-0.25, -0.2) is 0 Å². The number of carbonyl (C=O) groups is 1. The molecule has 0 saturated carbocycles. The van der Waals surface area contributed by atoms with E-state index in [9.17, 15) is 4.79 Å². The van der Waals surface area contributed by atoms with Crippen molar-refractivity contribution in [2.75, 3.05) is 23.3 Å². The monoisotopic (exact) mass is 321 g/mol. The summed E-state index contributed by atoms with van der Waals surface area (Å²) >= 11 is 0. The molecule has 0 bridgehead atoms. The number of nitriles is 1. The fourth-order valence-electron chi connectivity index (χ4n) is 2.75. The molecule has 1 N–H and O–H groups in total. The van der Waals surface area contributed by atoms with Crippen molar-refractivity contribution in [3.05, 3.63) is 59.2 Å². The van der Waals surface area contributed by atoms with E-state index in [0.717, 1.165) is 12.2 Å². The summed E-state index contributed by atoms with van der Waals surface area (Å²) in [5.41, 5.74) is 4.66. The lowest BCUT2D eigenvalue weighted by molar-refractivity contribution is -0.116. The molecule has 0 radical (unpaired) electrons. The van der Waals surface area contributed by atoms with Crippen LogP contribution < -0.4 is 10.2 Å². The standard InChI is InChI=1S/C20H23N3O/c1-4-23(19-10-9-15(2)13-16(19)3)12-11-20(24)22-18-8-6-5-7-17(18)14-21/h5-10,13H,4,11-12H2,1-3H3,(H,22,24). The Morgan fingerprint density at radius 2 is 1.96 bits per heavy atom. The molecule has 0 aromatic heterocycles. The highest BCUT2D eigenvalue weighted by atomic mass is 16.1. The molecular weight excluding hydrogens is 298 g/mol. The number of nitrogens with one attached hydrogen (secondary N) is 1. The van der Waals surface area contributed by atoms with Crippen LogP contribution in [0.4, 0.5) is 11.4 Å². The van der Waals surface area contributed by atoms with Gasteiger partial charge in [0.15, 0.2) is 0 Å². The number of hydrogen-bond donors (Lipinski definition) is 1. The van der Waals surface area contributed by atoms with E-state index in [1.54, 1.807) is 18.2 Å². The highest BCUT2D eigenvalue weighted by molar-refractivity contribution is 5.92. The number of aryl methyl sites for hydroxylation is 2. The molecule has 2 aromatic rings. The zero-order valence-corrected chi connectivity index (χ0v) is 14.5. The van der Waals surface area contributed by atoms with Gasteiger partial charge in [-0.2, -0.15) is 5.26 Å². The summed E-state index contributed by atoms with van der Waals surface area (Å²) < 4.78 is 0. The maximum Gasteiger partial charge on any atom is 0.226 e.